The van der Waals surface area contributed by atoms with Crippen LogP contribution < -0.4 is 5.32 Å². The van der Waals surface area contributed by atoms with E-state index in [-0.39, 0.29) is 6.42 Å². The zero-order valence-corrected chi connectivity index (χ0v) is 26.3. The van der Waals surface area contributed by atoms with E-state index >= 15 is 0 Å². The van der Waals surface area contributed by atoms with Crippen LogP contribution in [0.5, 0.6) is 0 Å². The largest absolute Gasteiger partial charge is 0.480 e. The predicted octanol–water partition coefficient (Wildman–Crippen LogP) is 10.1. The van der Waals surface area contributed by atoms with E-state index in [9.17, 15) is 14.7 Å². The van der Waals surface area contributed by atoms with Gasteiger partial charge in [-0.2, -0.15) is 0 Å². The molecular weight excluding hydrogens is 486 g/mol. The van der Waals surface area contributed by atoms with Crippen molar-refractivity contribution in [2.45, 2.75) is 193 Å². The first-order valence-corrected chi connectivity index (χ1v) is 17.2. The molecule has 0 rings (SSSR count). The van der Waals surface area contributed by atoms with Gasteiger partial charge in [-0.3, -0.25) is 9.59 Å². The van der Waals surface area contributed by atoms with Crippen molar-refractivity contribution >= 4 is 11.9 Å². The summed E-state index contributed by atoms with van der Waals surface area (Å²) < 4.78 is 5.31. The van der Waals surface area contributed by atoms with Crippen LogP contribution in [0.2, 0.25) is 0 Å². The van der Waals surface area contributed by atoms with Crippen LogP contribution in [0, 0.1) is 0 Å². The summed E-state index contributed by atoms with van der Waals surface area (Å²) in [5, 5.41) is 12.5. The molecule has 0 fully saturated rings. The van der Waals surface area contributed by atoms with Crippen LogP contribution in [-0.4, -0.2) is 36.2 Å². The second-order valence-electron chi connectivity index (χ2n) is 11.8. The van der Waals surface area contributed by atoms with Gasteiger partial charge in [0.25, 0.3) is 0 Å². The molecule has 0 amide bonds. The van der Waals surface area contributed by atoms with Crippen molar-refractivity contribution in [3.8, 4) is 0 Å². The van der Waals surface area contributed by atoms with Crippen LogP contribution in [0.15, 0.2) is 0 Å². The van der Waals surface area contributed by atoms with Crippen molar-refractivity contribution in [1.82, 2.24) is 5.32 Å². The number of unbranched alkanes of at least 4 members (excludes halogenated alkanes) is 24. The highest BCUT2D eigenvalue weighted by Gasteiger charge is 2.21. The highest BCUT2D eigenvalue weighted by Crippen LogP contribution is 2.14. The second kappa shape index (κ2) is 31.4. The zero-order chi connectivity index (χ0) is 28.7. The fourth-order valence-corrected chi connectivity index (χ4v) is 5.20. The molecule has 0 bridgehead atoms. The van der Waals surface area contributed by atoms with Gasteiger partial charge in [0.15, 0.2) is 0 Å². The summed E-state index contributed by atoms with van der Waals surface area (Å²) in [7, 11) is 0. The van der Waals surface area contributed by atoms with Crippen LogP contribution >= 0.6 is 0 Å². The highest BCUT2D eigenvalue weighted by atomic mass is 16.5. The highest BCUT2D eigenvalue weighted by molar-refractivity contribution is 5.81. The van der Waals surface area contributed by atoms with E-state index in [2.05, 4.69) is 19.2 Å². The molecule has 1 atom stereocenters. The number of carbonyl (C=O) groups excluding carboxylic acids is 1. The number of nitrogens with one attached hydrogen (secondary N) is 1. The number of carbonyl (C=O) groups is 2. The molecule has 2 N–H and O–H groups in total. The van der Waals surface area contributed by atoms with Crippen molar-refractivity contribution in [2.24, 2.45) is 0 Å². The number of ether oxygens (including phenoxy) is 1. The Hall–Kier alpha value is -1.10. The quantitative estimate of drug-likeness (QED) is 0.0640. The molecule has 232 valence electrons. The lowest BCUT2D eigenvalue weighted by Crippen LogP contribution is -2.39. The van der Waals surface area contributed by atoms with Crippen molar-refractivity contribution in [2.75, 3.05) is 13.2 Å². The molecule has 5 nitrogen and oxygen atoms in total. The van der Waals surface area contributed by atoms with Crippen molar-refractivity contribution in [3.63, 3.8) is 0 Å². The first-order chi connectivity index (χ1) is 19.1. The molecule has 0 spiro atoms. The zero-order valence-electron chi connectivity index (χ0n) is 26.3. The van der Waals surface area contributed by atoms with Crippen LogP contribution in [0.3, 0.4) is 0 Å². The molecule has 0 aromatic carbocycles. The Morgan fingerprint density at radius 3 is 1.23 bits per heavy atom. The molecule has 0 aromatic rings. The summed E-state index contributed by atoms with van der Waals surface area (Å²) >= 11 is 0. The van der Waals surface area contributed by atoms with Gasteiger partial charge in [0, 0.05) is 0 Å². The molecule has 1 unspecified atom stereocenters. The molecule has 0 heterocycles. The number of carboxylic acid groups (broad SMARTS) is 1. The lowest BCUT2D eigenvalue weighted by molar-refractivity contribution is -0.149. The van der Waals surface area contributed by atoms with E-state index in [1.807, 2.05) is 0 Å². The van der Waals surface area contributed by atoms with Gasteiger partial charge in [0.2, 0.25) is 0 Å². The smallest absolute Gasteiger partial charge is 0.321 e. The summed E-state index contributed by atoms with van der Waals surface area (Å²) in [5.74, 6) is -1.37. The third kappa shape index (κ3) is 29.7. The topological polar surface area (TPSA) is 75.6 Å². The van der Waals surface area contributed by atoms with Gasteiger partial charge < -0.3 is 15.2 Å². The van der Waals surface area contributed by atoms with Gasteiger partial charge in [-0.25, -0.2) is 0 Å². The SMILES string of the molecule is CCCCCCCCCCCCCCCCOC(=O)CC(NCCCCCCCCCCCCCC)C(=O)O. The molecule has 39 heavy (non-hydrogen) atoms. The van der Waals surface area contributed by atoms with Crippen molar-refractivity contribution in [1.29, 1.82) is 0 Å². The predicted molar refractivity (Wildman–Crippen MR) is 166 cm³/mol. The second-order valence-corrected chi connectivity index (χ2v) is 11.8. The summed E-state index contributed by atoms with van der Waals surface area (Å²) in [6, 6.07) is -0.846. The number of carboxylic acids is 1. The van der Waals surface area contributed by atoms with Crippen molar-refractivity contribution < 1.29 is 19.4 Å². The Kier molecular flexibility index (Phi) is 30.5. The van der Waals surface area contributed by atoms with Gasteiger partial charge in [-0.05, 0) is 19.4 Å². The Labute approximate surface area is 243 Å². The van der Waals surface area contributed by atoms with Crippen LogP contribution in [0.25, 0.3) is 0 Å². The van der Waals surface area contributed by atoms with E-state index in [4.69, 9.17) is 4.74 Å². The maximum Gasteiger partial charge on any atom is 0.321 e. The number of hydrogen-bond acceptors (Lipinski definition) is 4. The van der Waals surface area contributed by atoms with Crippen LogP contribution in [-0.2, 0) is 14.3 Å². The molecular formula is C34H67NO4. The number of esters is 1. The van der Waals surface area contributed by atoms with Crippen molar-refractivity contribution in [3.05, 3.63) is 0 Å². The number of rotatable bonds is 32. The van der Waals surface area contributed by atoms with Gasteiger partial charge in [-0.1, -0.05) is 168 Å². The minimum atomic E-state index is -0.970. The average Bonchev–Trinajstić information content (AvgIpc) is 2.92. The molecule has 5 heteroatoms. The number of aliphatic carboxylic acids is 1. The summed E-state index contributed by atoms with van der Waals surface area (Å²) in [6.45, 7) is 5.57. The Balaban J connectivity index is 3.52. The van der Waals surface area contributed by atoms with Gasteiger partial charge in [0.05, 0.1) is 13.0 Å². The van der Waals surface area contributed by atoms with E-state index in [1.165, 1.54) is 141 Å². The third-order valence-electron chi connectivity index (χ3n) is 7.85. The van der Waals surface area contributed by atoms with E-state index in [0.717, 1.165) is 25.7 Å². The maximum atomic E-state index is 12.1. The average molecular weight is 554 g/mol. The third-order valence-corrected chi connectivity index (χ3v) is 7.85. The fourth-order valence-electron chi connectivity index (χ4n) is 5.20. The lowest BCUT2D eigenvalue weighted by atomic mass is 10.0. The Bertz CT molecular complexity index is 525. The lowest BCUT2D eigenvalue weighted by Gasteiger charge is -2.14. The molecule has 0 aliphatic rings. The van der Waals surface area contributed by atoms with Crippen LogP contribution in [0.1, 0.15) is 187 Å². The van der Waals surface area contributed by atoms with Gasteiger partial charge >= 0.3 is 11.9 Å². The van der Waals surface area contributed by atoms with E-state index in [1.54, 1.807) is 0 Å². The molecule has 0 aliphatic heterocycles. The van der Waals surface area contributed by atoms with Crippen LogP contribution in [0.4, 0.5) is 0 Å². The minimum absolute atomic E-state index is 0.0911. The fraction of sp³-hybridized carbons (Fsp3) is 0.941. The van der Waals surface area contributed by atoms with Gasteiger partial charge in [0.1, 0.15) is 6.04 Å². The first kappa shape index (κ1) is 37.9. The summed E-state index contributed by atoms with van der Waals surface area (Å²) in [5.41, 5.74) is 0. The molecule has 0 saturated heterocycles. The normalized spacial score (nSPS) is 12.1. The maximum absolute atomic E-state index is 12.1. The molecule has 0 aliphatic carbocycles. The first-order valence-electron chi connectivity index (χ1n) is 17.2. The summed E-state index contributed by atoms with van der Waals surface area (Å²) in [6.07, 6.45) is 33.4. The Morgan fingerprint density at radius 2 is 0.872 bits per heavy atom. The standard InChI is InChI=1S/C34H67NO4/c1-3-5-7-9-11-13-15-17-18-20-22-24-26-28-30-39-33(36)31-32(34(37)38)35-29-27-25-23-21-19-16-14-12-10-8-6-4-2/h32,35H,3-31H2,1-2H3,(H,37,38). The van der Waals surface area contributed by atoms with E-state index in [0.29, 0.717) is 13.2 Å². The monoisotopic (exact) mass is 554 g/mol. The van der Waals surface area contributed by atoms with Gasteiger partial charge in [-0.15, -0.1) is 0 Å². The molecule has 0 radical (unpaired) electrons. The minimum Gasteiger partial charge on any atom is -0.480 e. The van der Waals surface area contributed by atoms with E-state index < -0.39 is 18.0 Å². The Morgan fingerprint density at radius 1 is 0.538 bits per heavy atom. The summed E-state index contributed by atoms with van der Waals surface area (Å²) in [4.78, 5) is 23.6. The number of hydrogen-bond donors (Lipinski definition) is 2. The molecule has 0 saturated carbocycles. The molecule has 0 aromatic heterocycles.